The molecular formula is C17H14ClFN2S. The second-order valence-corrected chi connectivity index (χ2v) is 5.98. The fourth-order valence-electron chi connectivity index (χ4n) is 1.76. The molecule has 0 radical (unpaired) electrons. The van der Waals surface area contributed by atoms with Crippen LogP contribution in [0.4, 0.5) is 10.1 Å². The van der Waals surface area contributed by atoms with Crippen LogP contribution in [0.15, 0.2) is 59.1 Å². The fraction of sp³-hybridized carbons (Fsp3) is 0.118. The lowest BCUT2D eigenvalue weighted by Crippen LogP contribution is -2.00. The number of nitrogens with one attached hydrogen (secondary N) is 1. The maximum Gasteiger partial charge on any atom is 0.123 e. The quantitative estimate of drug-likeness (QED) is 0.726. The molecule has 0 aromatic heterocycles. The van der Waals surface area contributed by atoms with Crippen molar-refractivity contribution < 1.29 is 4.39 Å². The minimum absolute atomic E-state index is 0.264. The molecule has 0 fully saturated rings. The van der Waals surface area contributed by atoms with Gasteiger partial charge < -0.3 is 5.32 Å². The number of hydrogen-bond acceptors (Lipinski definition) is 3. The lowest BCUT2D eigenvalue weighted by atomic mass is 10.2. The van der Waals surface area contributed by atoms with E-state index in [1.807, 2.05) is 24.3 Å². The van der Waals surface area contributed by atoms with Gasteiger partial charge in [0.1, 0.15) is 5.82 Å². The van der Waals surface area contributed by atoms with E-state index < -0.39 is 0 Å². The zero-order valence-electron chi connectivity index (χ0n) is 11.9. The Morgan fingerprint density at radius 3 is 2.73 bits per heavy atom. The van der Waals surface area contributed by atoms with E-state index in [4.69, 9.17) is 16.9 Å². The summed E-state index contributed by atoms with van der Waals surface area (Å²) in [6.45, 7) is 1.73. The number of allylic oxidation sites excluding steroid dienone is 1. The smallest absolute Gasteiger partial charge is 0.123 e. The second-order valence-electron chi connectivity index (χ2n) is 4.59. The van der Waals surface area contributed by atoms with Gasteiger partial charge in [-0.05, 0) is 36.8 Å². The molecule has 2 nitrogen and oxygen atoms in total. The van der Waals surface area contributed by atoms with Crippen LogP contribution in [0.5, 0.6) is 0 Å². The summed E-state index contributed by atoms with van der Waals surface area (Å²) >= 11 is 7.57. The molecule has 1 N–H and O–H groups in total. The van der Waals surface area contributed by atoms with E-state index in [9.17, 15) is 4.39 Å². The first kappa shape index (κ1) is 16.4. The summed E-state index contributed by atoms with van der Waals surface area (Å²) in [7, 11) is 0. The number of thioether (sulfide) groups is 1. The molecule has 0 unspecified atom stereocenters. The van der Waals surface area contributed by atoms with Crippen LogP contribution in [-0.4, -0.2) is 0 Å². The predicted molar refractivity (Wildman–Crippen MR) is 91.1 cm³/mol. The van der Waals surface area contributed by atoms with Crippen molar-refractivity contribution in [2.75, 3.05) is 5.32 Å². The molecule has 0 saturated carbocycles. The Hall–Kier alpha value is -1.96. The van der Waals surface area contributed by atoms with Crippen molar-refractivity contribution in [1.82, 2.24) is 0 Å². The molecule has 0 aliphatic rings. The summed E-state index contributed by atoms with van der Waals surface area (Å²) in [5.41, 5.74) is 2.15. The van der Waals surface area contributed by atoms with Gasteiger partial charge in [0.25, 0.3) is 0 Å². The summed E-state index contributed by atoms with van der Waals surface area (Å²) in [5.74, 6) is 0.295. The van der Waals surface area contributed by atoms with Crippen molar-refractivity contribution in [2.24, 2.45) is 0 Å². The first-order valence-corrected chi connectivity index (χ1v) is 7.96. The number of halogens is 2. The van der Waals surface area contributed by atoms with Gasteiger partial charge in [0.2, 0.25) is 0 Å². The van der Waals surface area contributed by atoms with Crippen molar-refractivity contribution in [3.8, 4) is 6.07 Å². The Morgan fingerprint density at radius 1 is 1.27 bits per heavy atom. The molecule has 0 aliphatic carbocycles. The molecule has 0 spiro atoms. The minimum atomic E-state index is -0.264. The van der Waals surface area contributed by atoms with Gasteiger partial charge in [0.05, 0.1) is 27.4 Å². The van der Waals surface area contributed by atoms with E-state index in [2.05, 4.69) is 11.4 Å². The number of rotatable bonds is 5. The molecule has 5 heteroatoms. The summed E-state index contributed by atoms with van der Waals surface area (Å²) in [6.07, 6.45) is 0. The van der Waals surface area contributed by atoms with Crippen molar-refractivity contribution >= 4 is 29.1 Å². The largest absolute Gasteiger partial charge is 0.348 e. The average molecular weight is 333 g/mol. The Balaban J connectivity index is 2.15. The Kier molecular flexibility index (Phi) is 5.88. The topological polar surface area (TPSA) is 35.8 Å². The molecule has 2 aromatic carbocycles. The van der Waals surface area contributed by atoms with Gasteiger partial charge in [-0.2, -0.15) is 5.26 Å². The average Bonchev–Trinajstić information content (AvgIpc) is 2.52. The van der Waals surface area contributed by atoms with Crippen LogP contribution >= 0.6 is 23.4 Å². The lowest BCUT2D eigenvalue weighted by Gasteiger charge is -2.13. The van der Waals surface area contributed by atoms with Gasteiger partial charge in [-0.25, -0.2) is 4.39 Å². The lowest BCUT2D eigenvalue weighted by molar-refractivity contribution is 0.626. The normalized spacial score (nSPS) is 11.5. The Bertz CT molecular complexity index is 737. The number of hydrogen-bond donors (Lipinski definition) is 1. The van der Waals surface area contributed by atoms with Crippen molar-refractivity contribution in [3.63, 3.8) is 0 Å². The molecule has 0 atom stereocenters. The summed E-state index contributed by atoms with van der Waals surface area (Å²) < 4.78 is 13.2. The van der Waals surface area contributed by atoms with Crippen LogP contribution < -0.4 is 5.32 Å². The van der Waals surface area contributed by atoms with Crippen LogP contribution in [0.25, 0.3) is 0 Å². The highest BCUT2D eigenvalue weighted by atomic mass is 35.5. The standard InChI is InChI=1S/C17H14ClFN2S/c1-12(10-20)17(21-16-8-3-2-7-15(16)18)22-11-13-5-4-6-14(19)9-13/h2-9,21H,11H2,1H3/b17-12-. The van der Waals surface area contributed by atoms with Crippen molar-refractivity contribution in [2.45, 2.75) is 12.7 Å². The zero-order chi connectivity index (χ0) is 15.9. The van der Waals surface area contributed by atoms with Crippen molar-refractivity contribution in [1.29, 1.82) is 5.26 Å². The Morgan fingerprint density at radius 2 is 2.05 bits per heavy atom. The van der Waals surface area contributed by atoms with E-state index in [-0.39, 0.29) is 5.82 Å². The number of para-hydroxylation sites is 1. The highest BCUT2D eigenvalue weighted by Gasteiger charge is 2.08. The van der Waals surface area contributed by atoms with Gasteiger partial charge in [0, 0.05) is 5.75 Å². The molecule has 0 bridgehead atoms. The fourth-order valence-corrected chi connectivity index (χ4v) is 2.87. The van der Waals surface area contributed by atoms with E-state index in [0.717, 1.165) is 11.3 Å². The van der Waals surface area contributed by atoms with Crippen LogP contribution in [0.3, 0.4) is 0 Å². The third kappa shape index (κ3) is 4.52. The summed E-state index contributed by atoms with van der Waals surface area (Å²) in [6, 6.07) is 15.9. The highest BCUT2D eigenvalue weighted by Crippen LogP contribution is 2.29. The molecule has 0 aliphatic heterocycles. The van der Waals surface area contributed by atoms with Crippen LogP contribution in [0.1, 0.15) is 12.5 Å². The first-order valence-electron chi connectivity index (χ1n) is 6.60. The maximum absolute atomic E-state index is 13.2. The maximum atomic E-state index is 13.2. The van der Waals surface area contributed by atoms with E-state index in [0.29, 0.717) is 21.4 Å². The monoisotopic (exact) mass is 332 g/mol. The van der Waals surface area contributed by atoms with Gasteiger partial charge in [0.15, 0.2) is 0 Å². The summed E-state index contributed by atoms with van der Waals surface area (Å²) in [4.78, 5) is 0. The molecule has 22 heavy (non-hydrogen) atoms. The van der Waals surface area contributed by atoms with Crippen LogP contribution in [0, 0.1) is 17.1 Å². The van der Waals surface area contributed by atoms with Gasteiger partial charge in [-0.1, -0.05) is 35.9 Å². The summed E-state index contributed by atoms with van der Waals surface area (Å²) in [5, 5.41) is 13.6. The molecular weight excluding hydrogens is 319 g/mol. The number of nitriles is 1. The van der Waals surface area contributed by atoms with E-state index >= 15 is 0 Å². The van der Waals surface area contributed by atoms with Gasteiger partial charge in [-0.15, -0.1) is 11.8 Å². The SMILES string of the molecule is C/C(C#N)=C(\Nc1ccccc1Cl)SCc1cccc(F)c1. The third-order valence-corrected chi connectivity index (χ3v) is 4.41. The molecule has 2 aromatic rings. The van der Waals surface area contributed by atoms with Crippen LogP contribution in [0.2, 0.25) is 5.02 Å². The van der Waals surface area contributed by atoms with Gasteiger partial charge in [-0.3, -0.25) is 0 Å². The third-order valence-electron chi connectivity index (χ3n) is 2.90. The number of nitrogens with zero attached hydrogens (tertiary/aromatic N) is 1. The highest BCUT2D eigenvalue weighted by molar-refractivity contribution is 8.02. The van der Waals surface area contributed by atoms with E-state index in [1.54, 1.807) is 19.1 Å². The molecule has 0 amide bonds. The predicted octanol–water partition coefficient (Wildman–Crippen LogP) is 5.58. The molecule has 0 saturated heterocycles. The minimum Gasteiger partial charge on any atom is -0.348 e. The second kappa shape index (κ2) is 7.88. The molecule has 0 heterocycles. The molecule has 2 rings (SSSR count). The zero-order valence-corrected chi connectivity index (χ0v) is 13.5. The Labute approximate surface area is 138 Å². The number of anilines is 1. The number of benzene rings is 2. The van der Waals surface area contributed by atoms with Crippen molar-refractivity contribution in [3.05, 3.63) is 75.5 Å². The molecule has 112 valence electrons. The first-order chi connectivity index (χ1) is 10.6. The van der Waals surface area contributed by atoms with E-state index in [1.165, 1.54) is 23.9 Å². The van der Waals surface area contributed by atoms with Gasteiger partial charge >= 0.3 is 0 Å². The van der Waals surface area contributed by atoms with Crippen LogP contribution in [-0.2, 0) is 5.75 Å².